The van der Waals surface area contributed by atoms with E-state index in [-0.39, 0.29) is 24.8 Å². The predicted molar refractivity (Wildman–Crippen MR) is 62.7 cm³/mol. The number of rotatable bonds is 2. The molecule has 0 saturated carbocycles. The van der Waals surface area contributed by atoms with Crippen LogP contribution in [0, 0.1) is 0 Å². The van der Waals surface area contributed by atoms with Gasteiger partial charge in [-0.3, -0.25) is 0 Å². The van der Waals surface area contributed by atoms with E-state index < -0.39 is 15.2 Å². The summed E-state index contributed by atoms with van der Waals surface area (Å²) in [7, 11) is -3.18. The zero-order valence-corrected chi connectivity index (χ0v) is 10.0. The van der Waals surface area contributed by atoms with Gasteiger partial charge in [0.25, 0.3) is 0 Å². The molecule has 1 unspecified atom stereocenters. The molecule has 0 fully saturated rings. The molecule has 0 aliphatic rings. The Morgan fingerprint density at radius 3 is 1.93 bits per heavy atom. The summed E-state index contributed by atoms with van der Waals surface area (Å²) >= 11 is 0. The first-order valence-electron chi connectivity index (χ1n) is 3.51. The summed E-state index contributed by atoms with van der Waals surface area (Å²) in [6.45, 7) is 0. The smallest absolute Gasteiger partial charge is 0.167 e. The zero-order valence-electron chi connectivity index (χ0n) is 7.58. The molecule has 0 saturated heterocycles. The van der Waals surface area contributed by atoms with Gasteiger partial charge < -0.3 is 5.73 Å². The molecule has 1 rings (SSSR count). The Hall–Kier alpha value is -0.290. The van der Waals surface area contributed by atoms with Crippen LogP contribution >= 0.6 is 24.8 Å². The van der Waals surface area contributed by atoms with Crippen LogP contribution in [0.1, 0.15) is 10.9 Å². The third kappa shape index (κ3) is 4.28. The molecule has 0 aromatic heterocycles. The summed E-state index contributed by atoms with van der Waals surface area (Å²) in [5.74, 6) is 0. The standard InChI is InChI=1S/C8H11NO2S.2ClH/c1-12(10,11)8(9)7-5-3-2-4-6-7;;/h2-6,8H,9H2,1H3;2*1H. The molecule has 0 aliphatic heterocycles. The van der Waals surface area contributed by atoms with Crippen molar-refractivity contribution < 1.29 is 8.42 Å². The topological polar surface area (TPSA) is 60.2 Å². The number of hydrogen-bond acceptors (Lipinski definition) is 3. The lowest BCUT2D eigenvalue weighted by molar-refractivity contribution is 0.590. The van der Waals surface area contributed by atoms with Gasteiger partial charge in [-0.25, -0.2) is 8.42 Å². The van der Waals surface area contributed by atoms with Crippen LogP contribution in [-0.2, 0) is 9.84 Å². The number of sulfone groups is 1. The van der Waals surface area contributed by atoms with E-state index in [9.17, 15) is 8.42 Å². The number of benzene rings is 1. The fourth-order valence-electron chi connectivity index (χ4n) is 0.890. The molecule has 1 aromatic rings. The molecule has 3 nitrogen and oxygen atoms in total. The van der Waals surface area contributed by atoms with Crippen LogP contribution in [0.2, 0.25) is 0 Å². The van der Waals surface area contributed by atoms with Gasteiger partial charge in [0.05, 0.1) is 0 Å². The maximum Gasteiger partial charge on any atom is 0.167 e. The molecule has 0 spiro atoms. The van der Waals surface area contributed by atoms with Crippen LogP contribution in [0.5, 0.6) is 0 Å². The fourth-order valence-corrected chi connectivity index (χ4v) is 1.54. The van der Waals surface area contributed by atoms with Crippen molar-refractivity contribution in [3.63, 3.8) is 0 Å². The van der Waals surface area contributed by atoms with Gasteiger partial charge in [0.2, 0.25) is 0 Å². The van der Waals surface area contributed by atoms with Crippen molar-refractivity contribution in [1.82, 2.24) is 0 Å². The van der Waals surface area contributed by atoms with Crippen LogP contribution < -0.4 is 5.73 Å². The van der Waals surface area contributed by atoms with E-state index >= 15 is 0 Å². The third-order valence-electron chi connectivity index (χ3n) is 1.59. The van der Waals surface area contributed by atoms with E-state index in [1.54, 1.807) is 24.3 Å². The van der Waals surface area contributed by atoms with Gasteiger partial charge in [0.15, 0.2) is 9.84 Å². The van der Waals surface area contributed by atoms with Crippen molar-refractivity contribution >= 4 is 34.7 Å². The Morgan fingerprint density at radius 1 is 1.14 bits per heavy atom. The second-order valence-electron chi connectivity index (χ2n) is 2.66. The molecule has 0 heterocycles. The summed E-state index contributed by atoms with van der Waals surface area (Å²) < 4.78 is 22.0. The fraction of sp³-hybridized carbons (Fsp3) is 0.250. The molecular formula is C8H13Cl2NO2S. The second kappa shape index (κ2) is 6.24. The van der Waals surface area contributed by atoms with Gasteiger partial charge >= 0.3 is 0 Å². The van der Waals surface area contributed by atoms with Crippen LogP contribution in [0.4, 0.5) is 0 Å². The van der Waals surface area contributed by atoms with Crippen molar-refractivity contribution in [3.8, 4) is 0 Å². The molecule has 0 bridgehead atoms. The average Bonchev–Trinajstić information content (AvgIpc) is 2.03. The van der Waals surface area contributed by atoms with Crippen LogP contribution in [0.3, 0.4) is 0 Å². The lowest BCUT2D eigenvalue weighted by Crippen LogP contribution is -2.20. The summed E-state index contributed by atoms with van der Waals surface area (Å²) in [5, 5.41) is -0.904. The maximum absolute atomic E-state index is 11.0. The zero-order chi connectivity index (χ0) is 9.19. The number of halogens is 2. The van der Waals surface area contributed by atoms with Crippen molar-refractivity contribution in [2.75, 3.05) is 6.26 Å². The Labute approximate surface area is 96.4 Å². The van der Waals surface area contributed by atoms with Gasteiger partial charge in [-0.05, 0) is 5.56 Å². The maximum atomic E-state index is 11.0. The Bertz CT molecular complexity index is 353. The van der Waals surface area contributed by atoms with Crippen LogP contribution in [0.15, 0.2) is 30.3 Å². The van der Waals surface area contributed by atoms with E-state index in [0.29, 0.717) is 5.56 Å². The van der Waals surface area contributed by atoms with E-state index in [2.05, 4.69) is 0 Å². The van der Waals surface area contributed by atoms with E-state index in [0.717, 1.165) is 6.26 Å². The highest BCUT2D eigenvalue weighted by atomic mass is 35.5. The number of hydrogen-bond donors (Lipinski definition) is 1. The number of nitrogens with two attached hydrogens (primary N) is 1. The highest BCUT2D eigenvalue weighted by Gasteiger charge is 2.16. The normalized spacial score (nSPS) is 12.1. The van der Waals surface area contributed by atoms with E-state index in [1.165, 1.54) is 0 Å². The first-order chi connectivity index (χ1) is 5.52. The van der Waals surface area contributed by atoms with Crippen molar-refractivity contribution in [3.05, 3.63) is 35.9 Å². The highest BCUT2D eigenvalue weighted by Crippen LogP contribution is 2.14. The molecule has 1 aromatic carbocycles. The van der Waals surface area contributed by atoms with Crippen molar-refractivity contribution in [2.24, 2.45) is 5.73 Å². The minimum absolute atomic E-state index is 0. The highest BCUT2D eigenvalue weighted by molar-refractivity contribution is 7.90. The molecule has 0 aliphatic carbocycles. The van der Waals surface area contributed by atoms with Gasteiger partial charge in [-0.2, -0.15) is 0 Å². The summed E-state index contributed by atoms with van der Waals surface area (Å²) in [5.41, 5.74) is 6.11. The first-order valence-corrected chi connectivity index (χ1v) is 5.46. The minimum atomic E-state index is -3.18. The minimum Gasteiger partial charge on any atom is -0.311 e. The summed E-state index contributed by atoms with van der Waals surface area (Å²) in [6.07, 6.45) is 1.13. The molecule has 0 radical (unpaired) electrons. The Kier molecular flexibility index (Phi) is 7.20. The van der Waals surface area contributed by atoms with Crippen molar-refractivity contribution in [1.29, 1.82) is 0 Å². The SMILES string of the molecule is CS(=O)(=O)C(N)c1ccccc1.Cl.Cl. The van der Waals surface area contributed by atoms with E-state index in [1.807, 2.05) is 6.07 Å². The summed E-state index contributed by atoms with van der Waals surface area (Å²) in [6, 6.07) is 8.75. The van der Waals surface area contributed by atoms with E-state index in [4.69, 9.17) is 5.73 Å². The molecular weight excluding hydrogens is 245 g/mol. The van der Waals surface area contributed by atoms with Gasteiger partial charge in [0, 0.05) is 6.26 Å². The Balaban J connectivity index is 0. The average molecular weight is 258 g/mol. The second-order valence-corrected chi connectivity index (χ2v) is 4.83. The molecule has 2 N–H and O–H groups in total. The summed E-state index contributed by atoms with van der Waals surface area (Å²) in [4.78, 5) is 0. The lowest BCUT2D eigenvalue weighted by atomic mass is 10.2. The predicted octanol–water partition coefficient (Wildman–Crippen LogP) is 1.53. The van der Waals surface area contributed by atoms with Crippen LogP contribution in [0.25, 0.3) is 0 Å². The van der Waals surface area contributed by atoms with Gasteiger partial charge in [0.1, 0.15) is 5.37 Å². The quantitative estimate of drug-likeness (QED) is 0.875. The molecule has 82 valence electrons. The monoisotopic (exact) mass is 257 g/mol. The van der Waals surface area contributed by atoms with Crippen LogP contribution in [-0.4, -0.2) is 14.7 Å². The molecule has 0 amide bonds. The third-order valence-corrected chi connectivity index (χ3v) is 2.78. The first kappa shape index (κ1) is 16.2. The van der Waals surface area contributed by atoms with Gasteiger partial charge in [-0.1, -0.05) is 30.3 Å². The molecule has 14 heavy (non-hydrogen) atoms. The molecule has 6 heteroatoms. The van der Waals surface area contributed by atoms with Gasteiger partial charge in [-0.15, -0.1) is 24.8 Å². The van der Waals surface area contributed by atoms with Crippen molar-refractivity contribution in [2.45, 2.75) is 5.37 Å². The lowest BCUT2D eigenvalue weighted by Gasteiger charge is -2.08. The molecule has 1 atom stereocenters. The largest absolute Gasteiger partial charge is 0.311 e. The Morgan fingerprint density at radius 2 is 1.57 bits per heavy atom.